The first-order chi connectivity index (χ1) is 18.9. The molecule has 0 saturated carbocycles. The van der Waals surface area contributed by atoms with Gasteiger partial charge < -0.3 is 29.4 Å². The number of methoxy groups -OCH3 is 1. The van der Waals surface area contributed by atoms with Crippen molar-refractivity contribution in [3.8, 4) is 11.5 Å². The van der Waals surface area contributed by atoms with Gasteiger partial charge in [0.05, 0.1) is 25.9 Å². The number of ether oxygens (including phenoxy) is 3. The SMILES string of the molecule is COc1ccc(OC(=O)N2CCc3c([nH]c4ccc(Cl)cc34)C2C2=CC(C)C(OCCC(O)CO)C=C2)cc1. The molecule has 39 heavy (non-hydrogen) atoms. The Bertz CT molecular complexity index is 1380. The van der Waals surface area contributed by atoms with Gasteiger partial charge in [-0.1, -0.05) is 36.8 Å². The average Bonchev–Trinajstić information content (AvgIpc) is 3.31. The van der Waals surface area contributed by atoms with E-state index in [-0.39, 0.29) is 24.7 Å². The summed E-state index contributed by atoms with van der Waals surface area (Å²) in [7, 11) is 1.59. The highest BCUT2D eigenvalue weighted by Gasteiger charge is 2.37. The lowest BCUT2D eigenvalue weighted by Crippen LogP contribution is -2.42. The first-order valence-electron chi connectivity index (χ1n) is 13.1. The van der Waals surface area contributed by atoms with Crippen LogP contribution in [0.3, 0.4) is 0 Å². The fourth-order valence-electron chi connectivity index (χ4n) is 5.26. The van der Waals surface area contributed by atoms with Crippen LogP contribution in [0, 0.1) is 5.92 Å². The van der Waals surface area contributed by atoms with Crippen LogP contribution in [0.5, 0.6) is 11.5 Å². The second kappa shape index (κ2) is 11.8. The highest BCUT2D eigenvalue weighted by atomic mass is 35.5. The smallest absolute Gasteiger partial charge is 0.416 e. The van der Waals surface area contributed by atoms with Crippen molar-refractivity contribution in [2.75, 3.05) is 26.9 Å². The third kappa shape index (κ3) is 5.84. The van der Waals surface area contributed by atoms with E-state index in [2.05, 4.69) is 18.0 Å². The van der Waals surface area contributed by atoms with Crippen LogP contribution in [0.4, 0.5) is 4.79 Å². The molecule has 0 fully saturated rings. The minimum atomic E-state index is -0.791. The molecule has 0 bridgehead atoms. The summed E-state index contributed by atoms with van der Waals surface area (Å²) >= 11 is 6.33. The number of aromatic nitrogens is 1. The number of aliphatic hydroxyl groups is 2. The molecule has 206 valence electrons. The molecule has 1 amide bonds. The van der Waals surface area contributed by atoms with Gasteiger partial charge in [0.1, 0.15) is 17.5 Å². The van der Waals surface area contributed by atoms with E-state index >= 15 is 0 Å². The van der Waals surface area contributed by atoms with Gasteiger partial charge in [-0.05, 0) is 66.4 Å². The summed E-state index contributed by atoms with van der Waals surface area (Å²) < 4.78 is 17.0. The minimum absolute atomic E-state index is 0.0277. The molecule has 2 aliphatic rings. The number of aromatic amines is 1. The Morgan fingerprint density at radius 2 is 1.97 bits per heavy atom. The van der Waals surface area contributed by atoms with Crippen molar-refractivity contribution in [1.29, 1.82) is 0 Å². The lowest BCUT2D eigenvalue weighted by atomic mass is 9.86. The molecule has 0 saturated heterocycles. The maximum Gasteiger partial charge on any atom is 0.416 e. The molecule has 3 N–H and O–H groups in total. The number of H-pyrrole nitrogens is 1. The number of hydrogen-bond acceptors (Lipinski definition) is 6. The van der Waals surface area contributed by atoms with Crippen molar-refractivity contribution in [2.24, 2.45) is 5.92 Å². The first-order valence-corrected chi connectivity index (χ1v) is 13.5. The van der Waals surface area contributed by atoms with Crippen molar-refractivity contribution >= 4 is 28.6 Å². The van der Waals surface area contributed by atoms with Crippen molar-refractivity contribution in [3.05, 3.63) is 82.5 Å². The Kier molecular flexibility index (Phi) is 8.28. The summed E-state index contributed by atoms with van der Waals surface area (Å²) in [6.07, 6.45) is 5.73. The van der Waals surface area contributed by atoms with Crippen LogP contribution < -0.4 is 9.47 Å². The monoisotopic (exact) mass is 552 g/mol. The largest absolute Gasteiger partial charge is 0.497 e. The normalized spacial score (nSPS) is 21.4. The number of carbonyl (C=O) groups excluding carboxylic acids is 1. The van der Waals surface area contributed by atoms with Crippen LogP contribution in [0.15, 0.2) is 66.3 Å². The first kappa shape index (κ1) is 27.3. The summed E-state index contributed by atoms with van der Waals surface area (Å²) in [5.41, 5.74) is 4.02. The maximum absolute atomic E-state index is 13.6. The van der Waals surface area contributed by atoms with E-state index in [9.17, 15) is 9.90 Å². The van der Waals surface area contributed by atoms with Crippen LogP contribution in [0.25, 0.3) is 10.9 Å². The number of nitrogens with zero attached hydrogens (tertiary/aromatic N) is 1. The van der Waals surface area contributed by atoms with Crippen molar-refractivity contribution in [1.82, 2.24) is 9.88 Å². The molecule has 8 nitrogen and oxygen atoms in total. The molecule has 1 aliphatic heterocycles. The Hall–Kier alpha value is -3.30. The van der Waals surface area contributed by atoms with Gasteiger partial charge in [0.25, 0.3) is 0 Å². The summed E-state index contributed by atoms with van der Waals surface area (Å²) in [5, 5.41) is 20.4. The molecular formula is C30H33ClN2O6. The molecule has 4 atom stereocenters. The van der Waals surface area contributed by atoms with E-state index in [4.69, 9.17) is 30.9 Å². The van der Waals surface area contributed by atoms with Gasteiger partial charge >= 0.3 is 6.09 Å². The molecule has 0 radical (unpaired) electrons. The second-order valence-electron chi connectivity index (χ2n) is 9.94. The average molecular weight is 553 g/mol. The highest BCUT2D eigenvalue weighted by Crippen LogP contribution is 2.41. The number of hydrogen-bond donors (Lipinski definition) is 3. The van der Waals surface area contributed by atoms with Gasteiger partial charge in [-0.25, -0.2) is 4.79 Å². The third-order valence-electron chi connectivity index (χ3n) is 7.33. The van der Waals surface area contributed by atoms with Crippen molar-refractivity contribution < 1.29 is 29.2 Å². The van der Waals surface area contributed by atoms with Crippen LogP contribution >= 0.6 is 11.6 Å². The molecule has 2 heterocycles. The fraction of sp³-hybridized carbons (Fsp3) is 0.367. The standard InChI is InChI=1S/C30H33ClN2O6/c1-18-15-19(3-10-27(18)38-14-12-21(35)17-34)29-28-24(25-16-20(31)4-9-26(25)32-28)11-13-33(29)30(36)39-23-7-5-22(37-2)6-8-23/h3-10,15-16,18,21,27,29,32,34-35H,11-14,17H2,1-2H3. The lowest BCUT2D eigenvalue weighted by molar-refractivity contribution is 0.0186. The number of aliphatic hydroxyl groups excluding tert-OH is 2. The topological polar surface area (TPSA) is 104 Å². The molecule has 1 aromatic heterocycles. The van der Waals surface area contributed by atoms with E-state index in [1.54, 1.807) is 36.3 Å². The predicted molar refractivity (Wildman–Crippen MR) is 149 cm³/mol. The molecule has 1 aliphatic carbocycles. The molecule has 0 spiro atoms. The summed E-state index contributed by atoms with van der Waals surface area (Å²) in [5.74, 6) is 1.15. The van der Waals surface area contributed by atoms with Crippen LogP contribution in [-0.2, 0) is 11.2 Å². The van der Waals surface area contributed by atoms with Crippen molar-refractivity contribution in [3.63, 3.8) is 0 Å². The minimum Gasteiger partial charge on any atom is -0.497 e. The molecule has 9 heteroatoms. The molecule has 4 unspecified atom stereocenters. The lowest BCUT2D eigenvalue weighted by Gasteiger charge is -2.37. The molecular weight excluding hydrogens is 520 g/mol. The number of nitrogens with one attached hydrogen (secondary N) is 1. The van der Waals surface area contributed by atoms with Gasteiger partial charge in [-0.15, -0.1) is 0 Å². The molecule has 2 aromatic carbocycles. The summed E-state index contributed by atoms with van der Waals surface area (Å²) in [6.45, 7) is 2.59. The number of halogens is 1. The third-order valence-corrected chi connectivity index (χ3v) is 7.56. The molecule has 5 rings (SSSR count). The van der Waals surface area contributed by atoms with Gasteiger partial charge in [0, 0.05) is 40.7 Å². The Morgan fingerprint density at radius 3 is 2.69 bits per heavy atom. The van der Waals surface area contributed by atoms with Gasteiger partial charge in [-0.3, -0.25) is 4.90 Å². The van der Waals surface area contributed by atoms with E-state index in [0.717, 1.165) is 27.7 Å². The van der Waals surface area contributed by atoms with Crippen molar-refractivity contribution in [2.45, 2.75) is 38.0 Å². The van der Waals surface area contributed by atoms with E-state index in [0.29, 0.717) is 42.5 Å². The quantitative estimate of drug-likeness (QED) is 0.355. The Labute approximate surface area is 232 Å². The van der Waals surface area contributed by atoms with Crippen LogP contribution in [-0.4, -0.2) is 65.3 Å². The predicted octanol–water partition coefficient (Wildman–Crippen LogP) is 5.19. The zero-order valence-corrected chi connectivity index (χ0v) is 22.7. The van der Waals surface area contributed by atoms with E-state index in [1.807, 2.05) is 30.4 Å². The second-order valence-corrected chi connectivity index (χ2v) is 10.4. The van der Waals surface area contributed by atoms with E-state index < -0.39 is 12.2 Å². The Morgan fingerprint density at radius 1 is 1.21 bits per heavy atom. The van der Waals surface area contributed by atoms with Crippen LogP contribution in [0.1, 0.15) is 30.6 Å². The number of carbonyl (C=O) groups is 1. The molecule has 3 aromatic rings. The van der Waals surface area contributed by atoms with Gasteiger partial charge in [0.15, 0.2) is 0 Å². The number of rotatable bonds is 8. The zero-order valence-electron chi connectivity index (χ0n) is 22.0. The number of fused-ring (bicyclic) bond motifs is 3. The van der Waals surface area contributed by atoms with Crippen LogP contribution in [0.2, 0.25) is 5.02 Å². The zero-order chi connectivity index (χ0) is 27.5. The maximum atomic E-state index is 13.6. The fourth-order valence-corrected chi connectivity index (χ4v) is 5.44. The number of benzene rings is 2. The number of amides is 1. The highest BCUT2D eigenvalue weighted by molar-refractivity contribution is 6.31. The van der Waals surface area contributed by atoms with Gasteiger partial charge in [0.2, 0.25) is 0 Å². The Balaban J connectivity index is 1.44. The van der Waals surface area contributed by atoms with E-state index in [1.165, 1.54) is 0 Å². The summed E-state index contributed by atoms with van der Waals surface area (Å²) in [6, 6.07) is 12.3. The van der Waals surface area contributed by atoms with Gasteiger partial charge in [-0.2, -0.15) is 0 Å². The summed E-state index contributed by atoms with van der Waals surface area (Å²) in [4.78, 5) is 18.9.